The first-order valence-electron chi connectivity index (χ1n) is 9.16. The molecule has 1 aromatic heterocycles. The Morgan fingerprint density at radius 1 is 1.23 bits per heavy atom. The Hall–Kier alpha value is -2.41. The molecule has 0 spiro atoms. The molecule has 3 rings (SSSR count). The number of aromatic nitrogens is 3. The number of hydrogen-bond donors (Lipinski definition) is 0. The fourth-order valence-corrected chi connectivity index (χ4v) is 3.25. The summed E-state index contributed by atoms with van der Waals surface area (Å²) in [6.07, 6.45) is 3.94. The lowest BCUT2D eigenvalue weighted by atomic mass is 10.2. The average Bonchev–Trinajstić information content (AvgIpc) is 2.82. The number of carbonyl (C=O) groups excluding carboxylic acids is 1. The fourth-order valence-electron chi connectivity index (χ4n) is 3.25. The number of fused-ring (bicyclic) bond motifs is 1. The predicted molar refractivity (Wildman–Crippen MR) is 97.8 cm³/mol. The summed E-state index contributed by atoms with van der Waals surface area (Å²) in [6, 6.07) is 9.81. The number of nitrogens with zero attached hydrogens (tertiary/aromatic N) is 4. The number of carbonyl (C=O) groups is 1. The van der Waals surface area contributed by atoms with E-state index in [1.54, 1.807) is 16.6 Å². The quantitative estimate of drug-likeness (QED) is 0.751. The van der Waals surface area contributed by atoms with Crippen LogP contribution in [0.1, 0.15) is 30.7 Å². The second-order valence-electron chi connectivity index (χ2n) is 6.61. The molecule has 1 amide bonds. The van der Waals surface area contributed by atoms with Gasteiger partial charge in [-0.2, -0.15) is 5.10 Å². The first kappa shape index (κ1) is 18.4. The minimum absolute atomic E-state index is 0.0324. The van der Waals surface area contributed by atoms with Gasteiger partial charge in [-0.05, 0) is 18.4 Å². The molecule has 0 unspecified atom stereocenters. The maximum atomic E-state index is 12.8. The number of amides is 1. The molecule has 0 bridgehead atoms. The number of hydrogen-bond acceptors (Lipinski definition) is 4. The predicted octanol–water partition coefficient (Wildman–Crippen LogP) is 1.45. The second kappa shape index (κ2) is 8.80. The summed E-state index contributed by atoms with van der Waals surface area (Å²) in [5.74, 6) is 0.674. The first-order chi connectivity index (χ1) is 12.7. The van der Waals surface area contributed by atoms with E-state index in [0.29, 0.717) is 26.2 Å². The van der Waals surface area contributed by atoms with Crippen LogP contribution in [0.25, 0.3) is 0 Å². The van der Waals surface area contributed by atoms with Crippen LogP contribution < -0.4 is 5.69 Å². The highest BCUT2D eigenvalue weighted by Gasteiger charge is 2.20. The van der Waals surface area contributed by atoms with Crippen LogP contribution in [0, 0.1) is 0 Å². The van der Waals surface area contributed by atoms with Crippen molar-refractivity contribution in [2.75, 3.05) is 20.3 Å². The first-order valence-corrected chi connectivity index (χ1v) is 9.16. The van der Waals surface area contributed by atoms with Gasteiger partial charge in [-0.15, -0.1) is 0 Å². The monoisotopic (exact) mass is 358 g/mol. The van der Waals surface area contributed by atoms with Gasteiger partial charge >= 0.3 is 5.69 Å². The van der Waals surface area contributed by atoms with Crippen LogP contribution in [0.3, 0.4) is 0 Å². The molecule has 0 radical (unpaired) electrons. The van der Waals surface area contributed by atoms with Gasteiger partial charge in [0.15, 0.2) is 0 Å². The van der Waals surface area contributed by atoms with Gasteiger partial charge in [0.05, 0.1) is 6.61 Å². The highest BCUT2D eigenvalue weighted by molar-refractivity contribution is 5.75. The van der Waals surface area contributed by atoms with Gasteiger partial charge in [0.1, 0.15) is 12.4 Å². The Bertz CT molecular complexity index is 782. The van der Waals surface area contributed by atoms with Gasteiger partial charge in [-0.3, -0.25) is 9.36 Å². The summed E-state index contributed by atoms with van der Waals surface area (Å²) in [6.45, 7) is 2.08. The van der Waals surface area contributed by atoms with Crippen molar-refractivity contribution >= 4 is 5.91 Å². The molecule has 0 fully saturated rings. The molecule has 1 aliphatic heterocycles. The third kappa shape index (κ3) is 4.40. The van der Waals surface area contributed by atoms with Crippen molar-refractivity contribution in [3.05, 3.63) is 52.2 Å². The molecule has 0 saturated carbocycles. The summed E-state index contributed by atoms with van der Waals surface area (Å²) >= 11 is 0. The molecular weight excluding hydrogens is 332 g/mol. The number of benzene rings is 1. The van der Waals surface area contributed by atoms with Crippen LogP contribution >= 0.6 is 0 Å². The van der Waals surface area contributed by atoms with E-state index in [1.807, 2.05) is 30.3 Å². The van der Waals surface area contributed by atoms with Crippen molar-refractivity contribution in [3.8, 4) is 0 Å². The molecular formula is C19H26N4O3. The molecule has 7 nitrogen and oxygen atoms in total. The molecule has 26 heavy (non-hydrogen) atoms. The third-order valence-corrected chi connectivity index (χ3v) is 4.70. The van der Waals surface area contributed by atoms with Crippen LogP contribution in [0.15, 0.2) is 35.1 Å². The number of methoxy groups -OCH3 is 1. The third-order valence-electron chi connectivity index (χ3n) is 4.70. The van der Waals surface area contributed by atoms with Gasteiger partial charge in [0, 0.05) is 33.2 Å². The van der Waals surface area contributed by atoms with E-state index in [9.17, 15) is 9.59 Å². The topological polar surface area (TPSA) is 69.4 Å². The maximum absolute atomic E-state index is 12.8. The largest absolute Gasteiger partial charge is 0.383 e. The highest BCUT2D eigenvalue weighted by Crippen LogP contribution is 2.11. The lowest BCUT2D eigenvalue weighted by molar-refractivity contribution is -0.133. The van der Waals surface area contributed by atoms with E-state index in [2.05, 4.69) is 5.10 Å². The van der Waals surface area contributed by atoms with Crippen LogP contribution in [0.5, 0.6) is 0 Å². The van der Waals surface area contributed by atoms with Gasteiger partial charge in [-0.1, -0.05) is 36.8 Å². The van der Waals surface area contributed by atoms with Crippen molar-refractivity contribution in [2.45, 2.75) is 45.3 Å². The van der Waals surface area contributed by atoms with Crippen LogP contribution in [-0.2, 0) is 35.6 Å². The normalized spacial score (nSPS) is 13.9. The average molecular weight is 358 g/mol. The Kier molecular flexibility index (Phi) is 6.22. The molecule has 2 aromatic rings. The van der Waals surface area contributed by atoms with Crippen LogP contribution in [0.2, 0.25) is 0 Å². The Morgan fingerprint density at radius 2 is 2.04 bits per heavy atom. The van der Waals surface area contributed by atoms with Gasteiger partial charge in [0.2, 0.25) is 5.91 Å². The van der Waals surface area contributed by atoms with E-state index in [0.717, 1.165) is 37.1 Å². The van der Waals surface area contributed by atoms with Crippen molar-refractivity contribution in [1.82, 2.24) is 19.2 Å². The molecule has 1 aromatic carbocycles. The Balaban J connectivity index is 1.74. The number of ether oxygens (including phenoxy) is 1. The van der Waals surface area contributed by atoms with Crippen molar-refractivity contribution in [1.29, 1.82) is 0 Å². The SMILES string of the molecule is COCCN(Cc1ccccc1)C(=O)Cn1nc2n(c1=O)CCCCC2. The van der Waals surface area contributed by atoms with Gasteiger partial charge < -0.3 is 9.64 Å². The Morgan fingerprint density at radius 3 is 2.81 bits per heavy atom. The van der Waals surface area contributed by atoms with Crippen LogP contribution in [0.4, 0.5) is 0 Å². The fraction of sp³-hybridized carbons (Fsp3) is 0.526. The Labute approximate surface area is 153 Å². The van der Waals surface area contributed by atoms with Gasteiger partial charge in [-0.25, -0.2) is 9.48 Å². The van der Waals surface area contributed by atoms with Crippen LogP contribution in [-0.4, -0.2) is 45.4 Å². The van der Waals surface area contributed by atoms with Gasteiger partial charge in [0.25, 0.3) is 0 Å². The zero-order valence-corrected chi connectivity index (χ0v) is 15.3. The van der Waals surface area contributed by atoms with E-state index in [1.165, 1.54) is 4.68 Å². The van der Waals surface area contributed by atoms with E-state index in [4.69, 9.17) is 4.74 Å². The lowest BCUT2D eigenvalue weighted by Crippen LogP contribution is -2.38. The molecule has 0 saturated heterocycles. The maximum Gasteiger partial charge on any atom is 0.346 e. The summed E-state index contributed by atoms with van der Waals surface area (Å²) in [5, 5.41) is 4.41. The van der Waals surface area contributed by atoms with E-state index >= 15 is 0 Å². The minimum atomic E-state index is -0.179. The minimum Gasteiger partial charge on any atom is -0.383 e. The molecule has 0 N–H and O–H groups in total. The molecule has 7 heteroatoms. The summed E-state index contributed by atoms with van der Waals surface area (Å²) < 4.78 is 8.16. The lowest BCUT2D eigenvalue weighted by Gasteiger charge is -2.22. The summed E-state index contributed by atoms with van der Waals surface area (Å²) in [7, 11) is 1.61. The zero-order valence-electron chi connectivity index (χ0n) is 15.3. The van der Waals surface area contributed by atoms with E-state index < -0.39 is 0 Å². The summed E-state index contributed by atoms with van der Waals surface area (Å²) in [5.41, 5.74) is 0.867. The smallest absolute Gasteiger partial charge is 0.346 e. The van der Waals surface area contributed by atoms with E-state index in [-0.39, 0.29) is 18.1 Å². The van der Waals surface area contributed by atoms with Crippen molar-refractivity contribution < 1.29 is 9.53 Å². The highest BCUT2D eigenvalue weighted by atomic mass is 16.5. The molecule has 0 aliphatic carbocycles. The number of aryl methyl sites for hydroxylation is 1. The molecule has 2 heterocycles. The second-order valence-corrected chi connectivity index (χ2v) is 6.61. The summed E-state index contributed by atoms with van der Waals surface area (Å²) in [4.78, 5) is 27.1. The standard InChI is InChI=1S/C19H26N4O3/c1-26-13-12-21(14-16-8-4-2-5-9-16)18(24)15-23-19(25)22-11-7-3-6-10-17(22)20-23/h2,4-5,8-9H,3,6-7,10-15H2,1H3. The molecule has 0 atom stereocenters. The van der Waals surface area contributed by atoms with Crippen molar-refractivity contribution in [3.63, 3.8) is 0 Å². The number of rotatable bonds is 7. The van der Waals surface area contributed by atoms with Crippen molar-refractivity contribution in [2.24, 2.45) is 0 Å². The molecule has 1 aliphatic rings. The molecule has 140 valence electrons. The zero-order chi connectivity index (χ0) is 18.4.